The van der Waals surface area contributed by atoms with E-state index >= 15 is 0 Å². The lowest BCUT2D eigenvalue weighted by Crippen LogP contribution is -2.29. The van der Waals surface area contributed by atoms with Gasteiger partial charge in [0.2, 0.25) is 0 Å². The van der Waals surface area contributed by atoms with E-state index in [4.69, 9.17) is 4.74 Å². The first-order valence-corrected chi connectivity index (χ1v) is 9.77. The summed E-state index contributed by atoms with van der Waals surface area (Å²) in [6, 6.07) is 3.14. The summed E-state index contributed by atoms with van der Waals surface area (Å²) in [6.07, 6.45) is 3.50. The molecular weight excluding hydrogens is 318 g/mol. The Kier molecular flexibility index (Phi) is 5.35. The summed E-state index contributed by atoms with van der Waals surface area (Å²) in [5.41, 5.74) is 0.407. The topological polar surface area (TPSA) is 99.6 Å². The summed E-state index contributed by atoms with van der Waals surface area (Å²) in [5, 5.41) is 0. The van der Waals surface area contributed by atoms with Gasteiger partial charge in [-0.3, -0.25) is 9.17 Å². The minimum Gasteiger partial charge on any atom is -0.490 e. The third-order valence-electron chi connectivity index (χ3n) is 2.93. The van der Waals surface area contributed by atoms with Gasteiger partial charge >= 0.3 is 0 Å². The highest BCUT2D eigenvalue weighted by Gasteiger charge is 2.33. The molecule has 0 aliphatic carbocycles. The predicted octanol–water partition coefficient (Wildman–Crippen LogP) is 0.716. The zero-order valence-corrected chi connectivity index (χ0v) is 14.0. The van der Waals surface area contributed by atoms with Crippen LogP contribution >= 0.6 is 0 Å². The number of pyridine rings is 1. The number of hydrogen-bond acceptors (Lipinski definition) is 7. The van der Waals surface area contributed by atoms with E-state index in [1.165, 1.54) is 6.20 Å². The van der Waals surface area contributed by atoms with Gasteiger partial charge in [-0.15, -0.1) is 0 Å². The fourth-order valence-electron chi connectivity index (χ4n) is 1.36. The van der Waals surface area contributed by atoms with Crippen molar-refractivity contribution in [2.75, 3.05) is 25.7 Å². The molecule has 0 aromatic carbocycles. The fraction of sp³-hybridized carbons (Fsp3) is 0.583. The third-order valence-corrected chi connectivity index (χ3v) is 5.59. The SMILES string of the molecule is CC(C)(c1ccc(OCCOS(C)(=O)=O)cn1)S(C)(=O)=O. The lowest BCUT2D eigenvalue weighted by Gasteiger charge is -2.21. The summed E-state index contributed by atoms with van der Waals surface area (Å²) in [7, 11) is -6.78. The van der Waals surface area contributed by atoms with Crippen molar-refractivity contribution in [1.29, 1.82) is 0 Å². The molecule has 0 unspecified atom stereocenters. The Morgan fingerprint density at radius 1 is 1.10 bits per heavy atom. The van der Waals surface area contributed by atoms with E-state index in [0.29, 0.717) is 11.4 Å². The summed E-state index contributed by atoms with van der Waals surface area (Å²) < 4.78 is 53.6. The van der Waals surface area contributed by atoms with Gasteiger partial charge in [0.05, 0.1) is 18.1 Å². The minimum atomic E-state index is -3.48. The van der Waals surface area contributed by atoms with Crippen LogP contribution in [0.3, 0.4) is 0 Å². The first-order chi connectivity index (χ1) is 9.43. The second-order valence-corrected chi connectivity index (χ2v) is 9.25. The van der Waals surface area contributed by atoms with Crippen molar-refractivity contribution >= 4 is 20.0 Å². The number of rotatable bonds is 7. The molecule has 0 aliphatic rings. The molecular formula is C12H19NO6S2. The zero-order valence-electron chi connectivity index (χ0n) is 12.4. The maximum absolute atomic E-state index is 11.7. The summed E-state index contributed by atoms with van der Waals surface area (Å²) >= 11 is 0. The lowest BCUT2D eigenvalue weighted by atomic mass is 10.1. The Morgan fingerprint density at radius 2 is 1.71 bits per heavy atom. The molecule has 0 spiro atoms. The maximum Gasteiger partial charge on any atom is 0.264 e. The molecule has 0 bridgehead atoms. The van der Waals surface area contributed by atoms with Gasteiger partial charge in [-0.25, -0.2) is 8.42 Å². The molecule has 0 radical (unpaired) electrons. The van der Waals surface area contributed by atoms with Crippen LogP contribution < -0.4 is 4.74 Å². The highest BCUT2D eigenvalue weighted by molar-refractivity contribution is 7.91. The summed E-state index contributed by atoms with van der Waals surface area (Å²) in [5.74, 6) is 0.403. The van der Waals surface area contributed by atoms with Crippen LogP contribution in [0.5, 0.6) is 5.75 Å². The van der Waals surface area contributed by atoms with Crippen LogP contribution in [0.4, 0.5) is 0 Å². The maximum atomic E-state index is 11.7. The van der Waals surface area contributed by atoms with Crippen LogP contribution in [-0.2, 0) is 28.9 Å². The average Bonchev–Trinajstić information content (AvgIpc) is 2.33. The Bertz CT molecular complexity index is 677. The molecule has 21 heavy (non-hydrogen) atoms. The van der Waals surface area contributed by atoms with Crippen molar-refractivity contribution < 1.29 is 25.8 Å². The van der Waals surface area contributed by atoms with Crippen molar-refractivity contribution in [3.63, 3.8) is 0 Å². The Morgan fingerprint density at radius 3 is 2.14 bits per heavy atom. The molecule has 0 fully saturated rings. The third kappa shape index (κ3) is 5.25. The van der Waals surface area contributed by atoms with E-state index in [1.807, 2.05) is 0 Å². The van der Waals surface area contributed by atoms with E-state index < -0.39 is 24.7 Å². The monoisotopic (exact) mass is 337 g/mol. The smallest absolute Gasteiger partial charge is 0.264 e. The van der Waals surface area contributed by atoms with Gasteiger partial charge in [-0.2, -0.15) is 8.42 Å². The molecule has 1 aromatic rings. The van der Waals surface area contributed by atoms with Crippen LogP contribution in [0.15, 0.2) is 18.3 Å². The summed E-state index contributed by atoms with van der Waals surface area (Å²) in [4.78, 5) is 4.08. The largest absolute Gasteiger partial charge is 0.490 e. The van der Waals surface area contributed by atoms with Gasteiger partial charge in [0, 0.05) is 6.26 Å². The van der Waals surface area contributed by atoms with Crippen LogP contribution in [0.25, 0.3) is 0 Å². The van der Waals surface area contributed by atoms with Crippen molar-refractivity contribution in [3.8, 4) is 5.75 Å². The predicted molar refractivity (Wildman–Crippen MR) is 78.4 cm³/mol. The van der Waals surface area contributed by atoms with Gasteiger partial charge in [-0.1, -0.05) is 0 Å². The van der Waals surface area contributed by atoms with E-state index in [9.17, 15) is 16.8 Å². The van der Waals surface area contributed by atoms with E-state index in [2.05, 4.69) is 9.17 Å². The van der Waals surface area contributed by atoms with Crippen LogP contribution in [0.1, 0.15) is 19.5 Å². The van der Waals surface area contributed by atoms with Crippen molar-refractivity contribution in [2.45, 2.75) is 18.6 Å². The fourth-order valence-corrected chi connectivity index (χ4v) is 2.23. The lowest BCUT2D eigenvalue weighted by molar-refractivity contribution is 0.222. The van der Waals surface area contributed by atoms with Gasteiger partial charge in [0.25, 0.3) is 10.1 Å². The van der Waals surface area contributed by atoms with E-state index in [1.54, 1.807) is 26.0 Å². The summed E-state index contributed by atoms with van der Waals surface area (Å²) in [6.45, 7) is 3.09. The first-order valence-electron chi connectivity index (χ1n) is 6.07. The van der Waals surface area contributed by atoms with Gasteiger partial charge in [0.1, 0.15) is 23.7 Å². The molecule has 1 heterocycles. The molecule has 0 saturated carbocycles. The number of sulfone groups is 1. The highest BCUT2D eigenvalue weighted by atomic mass is 32.2. The Balaban J connectivity index is 2.67. The van der Waals surface area contributed by atoms with E-state index in [0.717, 1.165) is 12.5 Å². The first kappa shape index (κ1) is 17.9. The molecule has 0 N–H and O–H groups in total. The minimum absolute atomic E-state index is 0.0452. The number of hydrogen-bond donors (Lipinski definition) is 0. The molecule has 0 amide bonds. The molecule has 0 atom stereocenters. The number of ether oxygens (including phenoxy) is 1. The van der Waals surface area contributed by atoms with Gasteiger partial charge in [-0.05, 0) is 26.0 Å². The highest BCUT2D eigenvalue weighted by Crippen LogP contribution is 2.28. The van der Waals surface area contributed by atoms with Crippen molar-refractivity contribution in [3.05, 3.63) is 24.0 Å². The Hall–Kier alpha value is -1.19. The number of nitrogens with zero attached hydrogens (tertiary/aromatic N) is 1. The van der Waals surface area contributed by atoms with Gasteiger partial charge < -0.3 is 4.74 Å². The van der Waals surface area contributed by atoms with Gasteiger partial charge in [0.15, 0.2) is 9.84 Å². The Labute approximate surface area is 125 Å². The van der Waals surface area contributed by atoms with E-state index in [-0.39, 0.29) is 13.2 Å². The van der Waals surface area contributed by atoms with Crippen LogP contribution in [-0.4, -0.2) is 47.5 Å². The molecule has 9 heteroatoms. The molecule has 0 saturated heterocycles. The second-order valence-electron chi connectivity index (χ2n) is 5.04. The normalized spacial score (nSPS) is 13.1. The van der Waals surface area contributed by atoms with Crippen molar-refractivity contribution in [1.82, 2.24) is 4.98 Å². The quantitative estimate of drug-likeness (QED) is 0.534. The number of aromatic nitrogens is 1. The van der Waals surface area contributed by atoms with Crippen molar-refractivity contribution in [2.24, 2.45) is 0 Å². The molecule has 1 rings (SSSR count). The second kappa shape index (κ2) is 6.29. The van der Waals surface area contributed by atoms with Crippen LogP contribution in [0.2, 0.25) is 0 Å². The molecule has 120 valence electrons. The molecule has 0 aliphatic heterocycles. The molecule has 1 aromatic heterocycles. The van der Waals surface area contributed by atoms with Crippen LogP contribution in [0, 0.1) is 0 Å². The zero-order chi connectivity index (χ0) is 16.3. The average molecular weight is 337 g/mol. The standard InChI is InChI=1S/C12H19NO6S2/c1-12(2,20(3,14)15)11-6-5-10(9-13-11)18-7-8-19-21(4,16)17/h5-6,9H,7-8H2,1-4H3. The molecule has 7 nitrogen and oxygen atoms in total.